The topological polar surface area (TPSA) is 12.9 Å². The van der Waals surface area contributed by atoms with Crippen LogP contribution in [0.3, 0.4) is 0 Å². The fraction of sp³-hybridized carbons (Fsp3) is 0. The van der Waals surface area contributed by atoms with E-state index < -0.39 is 0 Å². The van der Waals surface area contributed by atoms with Gasteiger partial charge in [-0.05, 0) is 17.7 Å². The number of hydrogen-bond donors (Lipinski definition) is 0. The summed E-state index contributed by atoms with van der Waals surface area (Å²) in [6, 6.07) is 21.8. The normalized spacial score (nSPS) is 8.21. The Balaban J connectivity index is 0.000000256. The molecule has 1 aromatic heterocycles. The predicted octanol–water partition coefficient (Wildman–Crippen LogP) is 3.60. The zero-order valence-corrected chi connectivity index (χ0v) is 11.4. The molecule has 2 aromatic carbocycles. The van der Waals surface area contributed by atoms with Crippen LogP contribution in [0, 0.1) is 11.8 Å². The maximum absolute atomic E-state index is 3.92. The molecule has 1 nitrogen and oxygen atoms in total. The molecule has 94 valence electrons. The second-order valence-electron chi connectivity index (χ2n) is 3.62. The van der Waals surface area contributed by atoms with Crippen LogP contribution in [0.4, 0.5) is 0 Å². The average molecular weight is 287 g/mol. The van der Waals surface area contributed by atoms with E-state index >= 15 is 0 Å². The predicted molar refractivity (Wildman–Crippen MR) is 74.3 cm³/mol. The minimum absolute atomic E-state index is 0. The summed E-state index contributed by atoms with van der Waals surface area (Å²) in [7, 11) is 0. The molecule has 0 aliphatic rings. The molecule has 0 bridgehead atoms. The molecule has 0 amide bonds. The standard InChI is InChI=1S/C12H8N.C5H5.Fe/c1-2-4-11(3-1)5-6-12-7-9-13-10-8-12;1-2-4-5-3-1;/h1-4,7-10H;1-5H;/q2*-1;+2. The third kappa shape index (κ3) is 5.88. The number of hydrogen-bond acceptors (Lipinski definition) is 1. The molecule has 19 heavy (non-hydrogen) atoms. The Morgan fingerprint density at radius 1 is 0.947 bits per heavy atom. The van der Waals surface area contributed by atoms with Crippen LogP contribution in [0.5, 0.6) is 0 Å². The summed E-state index contributed by atoms with van der Waals surface area (Å²) in [5, 5.41) is 0. The molecule has 0 fully saturated rings. The second kappa shape index (κ2) is 8.94. The van der Waals surface area contributed by atoms with E-state index in [0.29, 0.717) is 0 Å². The molecule has 0 aliphatic carbocycles. The van der Waals surface area contributed by atoms with Gasteiger partial charge in [-0.25, -0.2) is 12.1 Å². The summed E-state index contributed by atoms with van der Waals surface area (Å²) in [4.78, 5) is 3.92. The zero-order chi connectivity index (χ0) is 12.5. The fourth-order valence-corrected chi connectivity index (χ4v) is 1.36. The summed E-state index contributed by atoms with van der Waals surface area (Å²) < 4.78 is 0. The van der Waals surface area contributed by atoms with E-state index in [1.807, 2.05) is 66.7 Å². The second-order valence-corrected chi connectivity index (χ2v) is 3.62. The van der Waals surface area contributed by atoms with Crippen LogP contribution >= 0.6 is 0 Å². The average Bonchev–Trinajstić information content (AvgIpc) is 3.13. The van der Waals surface area contributed by atoms with Gasteiger partial charge in [0.25, 0.3) is 0 Å². The first-order chi connectivity index (χ1) is 8.95. The van der Waals surface area contributed by atoms with E-state index in [9.17, 15) is 0 Å². The van der Waals surface area contributed by atoms with Gasteiger partial charge in [-0.1, -0.05) is 5.56 Å². The van der Waals surface area contributed by atoms with Gasteiger partial charge >= 0.3 is 17.1 Å². The Hall–Kier alpha value is -2.07. The molecule has 0 saturated heterocycles. The van der Waals surface area contributed by atoms with Gasteiger partial charge in [0, 0.05) is 12.4 Å². The maximum atomic E-state index is 3.92. The summed E-state index contributed by atoms with van der Waals surface area (Å²) in [6.45, 7) is 0. The van der Waals surface area contributed by atoms with E-state index in [4.69, 9.17) is 0 Å². The maximum Gasteiger partial charge on any atom is 2.00 e. The van der Waals surface area contributed by atoms with Crippen LogP contribution < -0.4 is 0 Å². The smallest absolute Gasteiger partial charge is 0.265 e. The van der Waals surface area contributed by atoms with Gasteiger partial charge in [-0.3, -0.25) is 4.98 Å². The Bertz CT molecular complexity index is 567. The molecule has 3 aromatic rings. The number of pyridine rings is 1. The van der Waals surface area contributed by atoms with Crippen molar-refractivity contribution >= 4 is 0 Å². The van der Waals surface area contributed by atoms with E-state index in [1.165, 1.54) is 0 Å². The van der Waals surface area contributed by atoms with Gasteiger partial charge < -0.3 is 0 Å². The number of nitrogens with zero attached hydrogens (tertiary/aromatic N) is 1. The Kier molecular flexibility index (Phi) is 7.05. The molecule has 0 saturated carbocycles. The van der Waals surface area contributed by atoms with Gasteiger partial charge in [-0.15, -0.1) is 12.1 Å². The van der Waals surface area contributed by atoms with Gasteiger partial charge in [0.05, 0.1) is 0 Å². The van der Waals surface area contributed by atoms with Gasteiger partial charge in [0.2, 0.25) is 0 Å². The molecule has 0 radical (unpaired) electrons. The van der Waals surface area contributed by atoms with E-state index in [1.54, 1.807) is 12.4 Å². The first-order valence-electron chi connectivity index (χ1n) is 5.75. The third-order valence-corrected chi connectivity index (χ3v) is 2.25. The minimum Gasteiger partial charge on any atom is -0.265 e. The van der Waals surface area contributed by atoms with Crippen molar-refractivity contribution in [3.63, 3.8) is 0 Å². The summed E-state index contributed by atoms with van der Waals surface area (Å²) >= 11 is 0. The molecule has 0 atom stereocenters. The summed E-state index contributed by atoms with van der Waals surface area (Å²) in [5.41, 5.74) is 2.05. The van der Waals surface area contributed by atoms with Crippen molar-refractivity contribution in [3.8, 4) is 11.8 Å². The Morgan fingerprint density at radius 3 is 2.11 bits per heavy atom. The van der Waals surface area contributed by atoms with Gasteiger partial charge in [0.15, 0.2) is 0 Å². The van der Waals surface area contributed by atoms with Crippen LogP contribution in [0.15, 0.2) is 79.1 Å². The SMILES string of the molecule is C(#C[c-]1cccc1)c1ccncc1.[Fe+2].c1cc[cH-]c1. The Labute approximate surface area is 124 Å². The van der Waals surface area contributed by atoms with Crippen molar-refractivity contribution in [3.05, 3.63) is 90.3 Å². The van der Waals surface area contributed by atoms with Crippen LogP contribution in [0.1, 0.15) is 11.1 Å². The van der Waals surface area contributed by atoms with Crippen molar-refractivity contribution in [1.82, 2.24) is 4.98 Å². The van der Waals surface area contributed by atoms with Crippen LogP contribution in [-0.2, 0) is 17.1 Å². The molecule has 1 heterocycles. The molecule has 0 aliphatic heterocycles. The number of aromatic nitrogens is 1. The largest absolute Gasteiger partial charge is 2.00 e. The van der Waals surface area contributed by atoms with E-state index in [0.717, 1.165) is 11.1 Å². The molecular weight excluding hydrogens is 274 g/mol. The molecule has 0 spiro atoms. The molecular formula is C17H13FeN. The third-order valence-electron chi connectivity index (χ3n) is 2.25. The van der Waals surface area contributed by atoms with Crippen molar-refractivity contribution in [2.75, 3.05) is 0 Å². The molecule has 0 unspecified atom stereocenters. The van der Waals surface area contributed by atoms with E-state index in [2.05, 4.69) is 16.8 Å². The van der Waals surface area contributed by atoms with Crippen molar-refractivity contribution in [1.29, 1.82) is 0 Å². The number of rotatable bonds is 0. The summed E-state index contributed by atoms with van der Waals surface area (Å²) in [6.07, 6.45) is 3.49. The molecule has 0 N–H and O–H groups in total. The fourth-order valence-electron chi connectivity index (χ4n) is 1.36. The van der Waals surface area contributed by atoms with Crippen LogP contribution in [0.2, 0.25) is 0 Å². The molecule has 3 rings (SSSR count). The van der Waals surface area contributed by atoms with Crippen molar-refractivity contribution in [2.45, 2.75) is 0 Å². The van der Waals surface area contributed by atoms with Crippen LogP contribution in [-0.4, -0.2) is 4.98 Å². The molecule has 2 heteroatoms. The van der Waals surface area contributed by atoms with Gasteiger partial charge in [-0.2, -0.15) is 42.2 Å². The minimum atomic E-state index is 0. The van der Waals surface area contributed by atoms with Crippen molar-refractivity contribution in [2.24, 2.45) is 0 Å². The van der Waals surface area contributed by atoms with Crippen molar-refractivity contribution < 1.29 is 17.1 Å². The Morgan fingerprint density at radius 2 is 1.58 bits per heavy atom. The van der Waals surface area contributed by atoms with Crippen LogP contribution in [0.25, 0.3) is 0 Å². The quantitative estimate of drug-likeness (QED) is 0.350. The monoisotopic (exact) mass is 287 g/mol. The zero-order valence-electron chi connectivity index (χ0n) is 10.3. The van der Waals surface area contributed by atoms with Gasteiger partial charge in [0.1, 0.15) is 0 Å². The first kappa shape index (κ1) is 15.0. The summed E-state index contributed by atoms with van der Waals surface area (Å²) in [5.74, 6) is 6.12. The van der Waals surface area contributed by atoms with E-state index in [-0.39, 0.29) is 17.1 Å². The first-order valence-corrected chi connectivity index (χ1v) is 5.75.